The number of hydrogen-bond donors (Lipinski definition) is 0. The van der Waals surface area contributed by atoms with Gasteiger partial charge in [0.25, 0.3) is 0 Å². The van der Waals surface area contributed by atoms with Crippen molar-refractivity contribution in [3.05, 3.63) is 85.0 Å². The molecule has 0 saturated heterocycles. The molecule has 0 radical (unpaired) electrons. The van der Waals surface area contributed by atoms with Crippen LogP contribution in [-0.4, -0.2) is 13.2 Å². The molecule has 2 nitrogen and oxygen atoms in total. The highest BCUT2D eigenvalue weighted by Crippen LogP contribution is 2.53. The Kier molecular flexibility index (Phi) is 9.73. The lowest BCUT2D eigenvalue weighted by Gasteiger charge is -2.26. The third kappa shape index (κ3) is 5.43. The van der Waals surface area contributed by atoms with Crippen LogP contribution in [0, 0.1) is 0 Å². The molecule has 0 aliphatic carbocycles. The van der Waals surface area contributed by atoms with Gasteiger partial charge in [-0.2, -0.15) is 0 Å². The summed E-state index contributed by atoms with van der Waals surface area (Å²) in [7, 11) is 0. The monoisotopic (exact) mass is 598 g/mol. The number of ether oxygens (including phenoxy) is 2. The highest BCUT2D eigenvalue weighted by Gasteiger charge is 2.27. The summed E-state index contributed by atoms with van der Waals surface area (Å²) in [6.07, 6.45) is 6.78. The molecule has 0 spiro atoms. The van der Waals surface area contributed by atoms with Crippen molar-refractivity contribution in [2.75, 3.05) is 13.2 Å². The van der Waals surface area contributed by atoms with Gasteiger partial charge in [0.05, 0.1) is 13.2 Å². The zero-order chi connectivity index (χ0) is 32.4. The first kappa shape index (κ1) is 32.4. The van der Waals surface area contributed by atoms with Crippen molar-refractivity contribution in [3.8, 4) is 11.5 Å². The molecule has 0 amide bonds. The van der Waals surface area contributed by atoms with E-state index in [1.54, 1.807) is 0 Å². The van der Waals surface area contributed by atoms with Gasteiger partial charge in [0.15, 0.2) is 0 Å². The fourth-order valence-electron chi connectivity index (χ4n) is 7.22. The van der Waals surface area contributed by atoms with Crippen LogP contribution in [0.25, 0.3) is 65.4 Å². The van der Waals surface area contributed by atoms with Crippen LogP contribution in [0.3, 0.4) is 0 Å². The fourth-order valence-corrected chi connectivity index (χ4v) is 7.22. The summed E-state index contributed by atoms with van der Waals surface area (Å²) in [6.45, 7) is 32.4. The van der Waals surface area contributed by atoms with Crippen LogP contribution in [-0.2, 0) is 0 Å². The van der Waals surface area contributed by atoms with Crippen molar-refractivity contribution >= 4 is 65.4 Å². The van der Waals surface area contributed by atoms with Crippen molar-refractivity contribution in [3.63, 3.8) is 0 Å². The molecule has 0 N–H and O–H groups in total. The van der Waals surface area contributed by atoms with Crippen molar-refractivity contribution < 1.29 is 9.47 Å². The molecule has 0 unspecified atom stereocenters. The second-order valence-electron chi connectivity index (χ2n) is 12.3. The first-order valence-corrected chi connectivity index (χ1v) is 17.0. The second-order valence-corrected chi connectivity index (χ2v) is 12.3. The molecule has 234 valence electrons. The summed E-state index contributed by atoms with van der Waals surface area (Å²) in [5.74, 6) is 1.78. The molecule has 0 aliphatic rings. The first-order valence-electron chi connectivity index (χ1n) is 17.0. The minimum absolute atomic E-state index is 0.571. The second kappa shape index (κ2) is 13.5. The van der Waals surface area contributed by atoms with E-state index in [9.17, 15) is 0 Å². The lowest BCUT2D eigenvalue weighted by atomic mass is 9.80. The Morgan fingerprint density at radius 1 is 0.467 bits per heavy atom. The number of rotatable bonds is 15. The number of fused-ring (bicyclic) bond motifs is 2. The molecule has 45 heavy (non-hydrogen) atoms. The maximum Gasteiger partial charge on any atom is 0.128 e. The number of hydrogen-bond acceptors (Lipinski definition) is 2. The summed E-state index contributed by atoms with van der Waals surface area (Å²) >= 11 is 0. The summed E-state index contributed by atoms with van der Waals surface area (Å²) in [4.78, 5) is 0. The molecule has 0 aliphatic heterocycles. The molecular formula is C43H50O2. The van der Waals surface area contributed by atoms with Gasteiger partial charge in [-0.3, -0.25) is 0 Å². The molecule has 5 rings (SSSR count). The summed E-state index contributed by atoms with van der Waals surface area (Å²) in [5, 5.41) is 9.50. The van der Waals surface area contributed by atoms with E-state index in [0.717, 1.165) is 89.5 Å². The molecule has 5 aromatic carbocycles. The average molecular weight is 599 g/mol. The van der Waals surface area contributed by atoms with Crippen molar-refractivity contribution in [1.82, 2.24) is 0 Å². The maximum absolute atomic E-state index is 6.56. The zero-order valence-corrected chi connectivity index (χ0v) is 28.5. The molecular weight excluding hydrogens is 548 g/mol. The standard InChI is InChI=1S/C43H50O2/c1-11-17-27(8)30-20-22-32-39-33(23-21-31(38(30)39)28(9)18-12-2)42-37(45-16-6)25-35(29(10)19-13-3)40-34(26(7)14-4)24-36(44-15-5)41(32)43(40)42/h20-25H,7-19H2,1-6H3. The van der Waals surface area contributed by atoms with Crippen LogP contribution >= 0.6 is 0 Å². The average Bonchev–Trinajstić information content (AvgIpc) is 3.03. The number of benzene rings is 5. The Hall–Kier alpha value is -4.04. The van der Waals surface area contributed by atoms with E-state index < -0.39 is 0 Å². The smallest absolute Gasteiger partial charge is 0.128 e. The summed E-state index contributed by atoms with van der Waals surface area (Å²) in [6, 6.07) is 13.7. The van der Waals surface area contributed by atoms with Crippen LogP contribution in [0.1, 0.15) is 109 Å². The molecule has 2 heteroatoms. The van der Waals surface area contributed by atoms with Gasteiger partial charge in [0.2, 0.25) is 0 Å². The van der Waals surface area contributed by atoms with Crippen molar-refractivity contribution in [2.45, 2.75) is 86.5 Å². The lowest BCUT2D eigenvalue weighted by molar-refractivity contribution is 0.344. The van der Waals surface area contributed by atoms with Gasteiger partial charge in [-0.1, -0.05) is 97.5 Å². The highest BCUT2D eigenvalue weighted by molar-refractivity contribution is 6.38. The number of allylic oxidation sites excluding steroid dienone is 4. The molecule has 5 aromatic rings. The summed E-state index contributed by atoms with van der Waals surface area (Å²) < 4.78 is 13.1. The van der Waals surface area contributed by atoms with Crippen LogP contribution in [0.15, 0.2) is 62.7 Å². The van der Waals surface area contributed by atoms with Crippen molar-refractivity contribution in [1.29, 1.82) is 0 Å². The molecule has 0 atom stereocenters. The van der Waals surface area contributed by atoms with Gasteiger partial charge in [-0.15, -0.1) is 0 Å². The molecule has 0 bridgehead atoms. The maximum atomic E-state index is 6.56. The van der Waals surface area contributed by atoms with E-state index >= 15 is 0 Å². The predicted octanol–water partition coefficient (Wildman–Crippen LogP) is 13.4. The predicted molar refractivity (Wildman–Crippen MR) is 201 cm³/mol. The van der Waals surface area contributed by atoms with Gasteiger partial charge in [0.1, 0.15) is 11.5 Å². The molecule has 0 fully saturated rings. The van der Waals surface area contributed by atoms with Gasteiger partial charge in [-0.05, 0) is 123 Å². The molecule has 0 heterocycles. The van der Waals surface area contributed by atoms with Crippen LogP contribution in [0.2, 0.25) is 0 Å². The fraction of sp³-hybridized carbons (Fsp3) is 0.349. The van der Waals surface area contributed by atoms with E-state index in [2.05, 4.69) is 104 Å². The Bertz CT molecular complexity index is 1880. The third-order valence-corrected chi connectivity index (χ3v) is 9.24. The Labute approximate surface area is 270 Å². The van der Waals surface area contributed by atoms with E-state index in [-0.39, 0.29) is 0 Å². The van der Waals surface area contributed by atoms with Gasteiger partial charge in [-0.25, -0.2) is 0 Å². The Morgan fingerprint density at radius 2 is 0.867 bits per heavy atom. The minimum atomic E-state index is 0.571. The molecule has 0 aromatic heterocycles. The molecule has 0 saturated carbocycles. The summed E-state index contributed by atoms with van der Waals surface area (Å²) in [5.41, 5.74) is 9.26. The van der Waals surface area contributed by atoms with Gasteiger partial charge in [0, 0.05) is 16.2 Å². The normalized spacial score (nSPS) is 11.6. The largest absolute Gasteiger partial charge is 0.493 e. The lowest BCUT2D eigenvalue weighted by Crippen LogP contribution is -2.03. The Morgan fingerprint density at radius 3 is 1.27 bits per heavy atom. The minimum Gasteiger partial charge on any atom is -0.493 e. The van der Waals surface area contributed by atoms with Crippen LogP contribution < -0.4 is 9.47 Å². The van der Waals surface area contributed by atoms with Crippen molar-refractivity contribution in [2.24, 2.45) is 0 Å². The highest BCUT2D eigenvalue weighted by atomic mass is 16.5. The Balaban J connectivity index is 2.16. The van der Waals surface area contributed by atoms with E-state index in [1.807, 2.05) is 0 Å². The van der Waals surface area contributed by atoms with Gasteiger partial charge >= 0.3 is 0 Å². The van der Waals surface area contributed by atoms with Crippen LogP contribution in [0.5, 0.6) is 11.5 Å². The van der Waals surface area contributed by atoms with E-state index in [0.29, 0.717) is 13.2 Å². The topological polar surface area (TPSA) is 18.5 Å². The van der Waals surface area contributed by atoms with Gasteiger partial charge < -0.3 is 9.47 Å². The van der Waals surface area contributed by atoms with Crippen LogP contribution in [0.4, 0.5) is 0 Å². The van der Waals surface area contributed by atoms with E-state index in [1.165, 1.54) is 54.6 Å². The first-order chi connectivity index (χ1) is 21.8. The third-order valence-electron chi connectivity index (χ3n) is 9.24. The quantitative estimate of drug-likeness (QED) is 0.0881. The SMILES string of the molecule is C=C(CCC)c1ccc2c3c(OCC)cc(C(=C)CC)c4c(C(=C)CCC)cc(OCC)c(c5ccc(C(=C)CCC)c1c25)c43. The van der Waals surface area contributed by atoms with E-state index in [4.69, 9.17) is 9.47 Å². The zero-order valence-electron chi connectivity index (χ0n) is 28.5.